The Bertz CT molecular complexity index is 143. The molecule has 0 fully saturated rings. The first-order chi connectivity index (χ1) is 4.09. The van der Waals surface area contributed by atoms with Gasteiger partial charge in [0.25, 0.3) is 0 Å². The number of hydrogen-bond acceptors (Lipinski definition) is 4. The topological polar surface area (TPSA) is 80.3 Å². The van der Waals surface area contributed by atoms with E-state index in [1.807, 2.05) is 0 Å². The number of rotatable bonds is 3. The molecule has 0 aromatic heterocycles. The van der Waals surface area contributed by atoms with E-state index < -0.39 is 17.9 Å². The average Bonchev–Trinajstić information content (AvgIpc) is 1.64. The van der Waals surface area contributed by atoms with E-state index in [1.54, 1.807) is 0 Å². The SMILES string of the molecule is C=CC(C(=O)[O-])C(=O)[O-].[Na+].[Na+]. The summed E-state index contributed by atoms with van der Waals surface area (Å²) in [6.07, 6.45) is 0.741. The summed E-state index contributed by atoms with van der Waals surface area (Å²) in [4.78, 5) is 19.5. The first kappa shape index (κ1) is 17.7. The number of carbonyl (C=O) groups excluding carboxylic acids is 2. The number of carboxylic acid groups (broad SMARTS) is 2. The van der Waals surface area contributed by atoms with Crippen LogP contribution in [0.3, 0.4) is 0 Å². The van der Waals surface area contributed by atoms with E-state index in [0.29, 0.717) is 0 Å². The summed E-state index contributed by atoms with van der Waals surface area (Å²) in [5.41, 5.74) is 0. The third-order valence-electron chi connectivity index (χ3n) is 0.744. The van der Waals surface area contributed by atoms with Gasteiger partial charge < -0.3 is 19.8 Å². The Morgan fingerprint density at radius 1 is 1.18 bits per heavy atom. The van der Waals surface area contributed by atoms with Crippen LogP contribution in [0.1, 0.15) is 0 Å². The van der Waals surface area contributed by atoms with Gasteiger partial charge in [0.05, 0.1) is 17.9 Å². The van der Waals surface area contributed by atoms with Crippen LogP contribution in [-0.4, -0.2) is 11.9 Å². The van der Waals surface area contributed by atoms with Crippen LogP contribution < -0.4 is 69.3 Å². The van der Waals surface area contributed by atoms with E-state index in [2.05, 4.69) is 6.58 Å². The number of carboxylic acids is 2. The normalized spacial score (nSPS) is 7.36. The van der Waals surface area contributed by atoms with Crippen LogP contribution >= 0.6 is 0 Å². The summed E-state index contributed by atoms with van der Waals surface area (Å²) < 4.78 is 0. The maximum Gasteiger partial charge on any atom is 1.00 e. The van der Waals surface area contributed by atoms with E-state index in [9.17, 15) is 19.8 Å². The Hall–Kier alpha value is 0.680. The molecule has 4 nitrogen and oxygen atoms in total. The Balaban J connectivity index is -0.000000320. The minimum absolute atomic E-state index is 0. The van der Waals surface area contributed by atoms with Crippen molar-refractivity contribution in [2.45, 2.75) is 0 Å². The third-order valence-corrected chi connectivity index (χ3v) is 0.744. The Kier molecular flexibility index (Phi) is 14.1. The monoisotopic (exact) mass is 174 g/mol. The van der Waals surface area contributed by atoms with Gasteiger partial charge >= 0.3 is 59.1 Å². The van der Waals surface area contributed by atoms with Crippen molar-refractivity contribution in [3.05, 3.63) is 12.7 Å². The van der Waals surface area contributed by atoms with Gasteiger partial charge in [-0.3, -0.25) is 0 Å². The molecule has 0 saturated heterocycles. The van der Waals surface area contributed by atoms with Crippen molar-refractivity contribution in [3.8, 4) is 0 Å². The van der Waals surface area contributed by atoms with Gasteiger partial charge in [0.2, 0.25) is 0 Å². The number of hydrogen-bond donors (Lipinski definition) is 0. The number of carbonyl (C=O) groups is 2. The molecule has 0 unspecified atom stereocenters. The minimum Gasteiger partial charge on any atom is -0.549 e. The van der Waals surface area contributed by atoms with Crippen LogP contribution in [-0.2, 0) is 9.59 Å². The molecule has 0 spiro atoms. The second-order valence-corrected chi connectivity index (χ2v) is 1.35. The van der Waals surface area contributed by atoms with Crippen LogP contribution in [0.4, 0.5) is 0 Å². The molecule has 0 aromatic rings. The fraction of sp³-hybridized carbons (Fsp3) is 0.200. The van der Waals surface area contributed by atoms with Crippen molar-refractivity contribution >= 4 is 11.9 Å². The van der Waals surface area contributed by atoms with Crippen molar-refractivity contribution in [3.63, 3.8) is 0 Å². The summed E-state index contributed by atoms with van der Waals surface area (Å²) in [6.45, 7) is 2.96. The maximum absolute atomic E-state index is 9.77. The summed E-state index contributed by atoms with van der Waals surface area (Å²) in [6, 6.07) is 0. The molecule has 0 amide bonds. The Labute approximate surface area is 108 Å². The van der Waals surface area contributed by atoms with Gasteiger partial charge in [-0.25, -0.2) is 0 Å². The van der Waals surface area contributed by atoms with E-state index in [-0.39, 0.29) is 59.1 Å². The predicted molar refractivity (Wildman–Crippen MR) is 23.7 cm³/mol. The molecular weight excluding hydrogens is 170 g/mol. The number of aliphatic carboxylic acids is 2. The maximum atomic E-state index is 9.77. The van der Waals surface area contributed by atoms with Gasteiger partial charge in [-0.1, -0.05) is 6.08 Å². The second kappa shape index (κ2) is 8.77. The zero-order chi connectivity index (χ0) is 7.44. The summed E-state index contributed by atoms with van der Waals surface area (Å²) >= 11 is 0. The molecule has 0 aromatic carbocycles. The standard InChI is InChI=1S/C5H6O4.2Na/c1-2-3(4(6)7)5(8)9;;/h2-3H,1H2,(H,6,7)(H,8,9);;/q;2*+1/p-2. The third kappa shape index (κ3) is 7.05. The average molecular weight is 174 g/mol. The Morgan fingerprint density at radius 2 is 1.45 bits per heavy atom. The molecule has 0 aliphatic carbocycles. The van der Waals surface area contributed by atoms with E-state index in [4.69, 9.17) is 0 Å². The van der Waals surface area contributed by atoms with E-state index in [1.165, 1.54) is 0 Å². The summed E-state index contributed by atoms with van der Waals surface area (Å²) in [5, 5.41) is 19.5. The van der Waals surface area contributed by atoms with E-state index in [0.717, 1.165) is 6.08 Å². The summed E-state index contributed by atoms with van der Waals surface area (Å²) in [5.74, 6) is -5.11. The second-order valence-electron chi connectivity index (χ2n) is 1.35. The van der Waals surface area contributed by atoms with Crippen molar-refractivity contribution in [2.24, 2.45) is 5.92 Å². The van der Waals surface area contributed by atoms with Crippen LogP contribution in [0.2, 0.25) is 0 Å². The molecule has 0 rings (SSSR count). The molecule has 0 aliphatic heterocycles. The Morgan fingerprint density at radius 3 is 1.45 bits per heavy atom. The van der Waals surface area contributed by atoms with Crippen LogP contribution in [0.25, 0.3) is 0 Å². The zero-order valence-corrected chi connectivity index (χ0v) is 10.5. The molecule has 0 bridgehead atoms. The molecule has 0 saturated carbocycles. The van der Waals surface area contributed by atoms with Gasteiger partial charge in [-0.2, -0.15) is 0 Å². The van der Waals surface area contributed by atoms with Crippen molar-refractivity contribution in [1.29, 1.82) is 0 Å². The van der Waals surface area contributed by atoms with Gasteiger partial charge in [-0.15, -0.1) is 6.58 Å². The van der Waals surface area contributed by atoms with E-state index >= 15 is 0 Å². The quantitative estimate of drug-likeness (QED) is 0.242. The molecule has 11 heavy (non-hydrogen) atoms. The molecule has 6 heteroatoms. The first-order valence-electron chi connectivity index (χ1n) is 2.14. The van der Waals surface area contributed by atoms with Crippen molar-refractivity contribution < 1.29 is 78.9 Å². The van der Waals surface area contributed by atoms with Gasteiger partial charge in [0.1, 0.15) is 0 Å². The molecule has 50 valence electrons. The van der Waals surface area contributed by atoms with Gasteiger partial charge in [0, 0.05) is 0 Å². The molecule has 0 atom stereocenters. The first-order valence-corrected chi connectivity index (χ1v) is 2.14. The van der Waals surface area contributed by atoms with Crippen molar-refractivity contribution in [2.75, 3.05) is 0 Å². The van der Waals surface area contributed by atoms with Crippen molar-refractivity contribution in [1.82, 2.24) is 0 Å². The zero-order valence-electron chi connectivity index (χ0n) is 6.49. The van der Waals surface area contributed by atoms with Gasteiger partial charge in [0.15, 0.2) is 0 Å². The predicted octanol–water partition coefficient (Wildman–Crippen LogP) is -8.70. The largest absolute Gasteiger partial charge is 1.00 e. The molecule has 0 heterocycles. The molecular formula is C5H4Na2O4. The molecule has 0 radical (unpaired) electrons. The van der Waals surface area contributed by atoms with Crippen LogP contribution in [0.5, 0.6) is 0 Å². The fourth-order valence-electron chi connectivity index (χ4n) is 0.289. The fourth-order valence-corrected chi connectivity index (χ4v) is 0.289. The van der Waals surface area contributed by atoms with Crippen LogP contribution in [0, 0.1) is 5.92 Å². The smallest absolute Gasteiger partial charge is 0.549 e. The minimum atomic E-state index is -1.70. The summed E-state index contributed by atoms with van der Waals surface area (Å²) in [7, 11) is 0. The van der Waals surface area contributed by atoms with Crippen LogP contribution in [0.15, 0.2) is 12.7 Å². The molecule has 0 aliphatic rings. The van der Waals surface area contributed by atoms with Gasteiger partial charge in [-0.05, 0) is 0 Å². The molecule has 0 N–H and O–H groups in total.